The van der Waals surface area contributed by atoms with Gasteiger partial charge in [-0.05, 0) is 18.6 Å². The zero-order valence-corrected chi connectivity index (χ0v) is 11.0. The number of hydrogen-bond donors (Lipinski definition) is 1. The summed E-state index contributed by atoms with van der Waals surface area (Å²) in [7, 11) is 0. The van der Waals surface area contributed by atoms with Crippen LogP contribution in [-0.4, -0.2) is 10.7 Å². The molecule has 0 atom stereocenters. The monoisotopic (exact) mass is 270 g/mol. The standard InChI is InChI=1S/C15H14N2O3/c1-11(18)14-9-13(17(19)20)7-8-15(14)16-10-12-5-3-2-4-6-12/h2-9,16H,10H2,1H3. The molecule has 0 aromatic heterocycles. The molecule has 0 amide bonds. The highest BCUT2D eigenvalue weighted by molar-refractivity contribution is 6.00. The maximum atomic E-state index is 11.6. The normalized spacial score (nSPS) is 10.1. The van der Waals surface area contributed by atoms with E-state index in [0.29, 0.717) is 17.8 Å². The second kappa shape index (κ2) is 5.97. The van der Waals surface area contributed by atoms with Crippen molar-refractivity contribution in [2.75, 3.05) is 5.32 Å². The summed E-state index contributed by atoms with van der Waals surface area (Å²) in [5, 5.41) is 13.9. The largest absolute Gasteiger partial charge is 0.380 e. The van der Waals surface area contributed by atoms with E-state index in [1.165, 1.54) is 19.1 Å². The third kappa shape index (κ3) is 3.20. The van der Waals surface area contributed by atoms with E-state index in [1.807, 2.05) is 30.3 Å². The average Bonchev–Trinajstić information content (AvgIpc) is 2.45. The molecule has 0 aliphatic heterocycles. The van der Waals surface area contributed by atoms with Crippen LogP contribution in [0.15, 0.2) is 48.5 Å². The quantitative estimate of drug-likeness (QED) is 0.513. The van der Waals surface area contributed by atoms with Crippen LogP contribution in [0.2, 0.25) is 0 Å². The Labute approximate surface area is 116 Å². The number of nitro benzene ring substituents is 1. The van der Waals surface area contributed by atoms with E-state index in [4.69, 9.17) is 0 Å². The van der Waals surface area contributed by atoms with Crippen molar-refractivity contribution < 1.29 is 9.72 Å². The highest BCUT2D eigenvalue weighted by Crippen LogP contribution is 2.23. The zero-order valence-electron chi connectivity index (χ0n) is 11.0. The Bertz CT molecular complexity index is 639. The molecule has 2 aromatic rings. The van der Waals surface area contributed by atoms with Gasteiger partial charge in [-0.15, -0.1) is 0 Å². The topological polar surface area (TPSA) is 72.2 Å². The number of nitrogens with one attached hydrogen (secondary N) is 1. The number of Topliss-reactive ketones (excluding diaryl/α,β-unsaturated/α-hetero) is 1. The van der Waals surface area contributed by atoms with Crippen molar-refractivity contribution in [3.05, 3.63) is 69.8 Å². The maximum Gasteiger partial charge on any atom is 0.270 e. The van der Waals surface area contributed by atoms with Gasteiger partial charge in [-0.3, -0.25) is 14.9 Å². The van der Waals surface area contributed by atoms with Crippen LogP contribution in [0.5, 0.6) is 0 Å². The summed E-state index contributed by atoms with van der Waals surface area (Å²) in [5.41, 5.74) is 1.92. The van der Waals surface area contributed by atoms with Gasteiger partial charge in [0, 0.05) is 29.9 Å². The lowest BCUT2D eigenvalue weighted by Crippen LogP contribution is -2.05. The van der Waals surface area contributed by atoms with Crippen molar-refractivity contribution >= 4 is 17.2 Å². The highest BCUT2D eigenvalue weighted by atomic mass is 16.6. The first-order valence-corrected chi connectivity index (χ1v) is 6.15. The van der Waals surface area contributed by atoms with E-state index < -0.39 is 4.92 Å². The lowest BCUT2D eigenvalue weighted by atomic mass is 10.1. The van der Waals surface area contributed by atoms with Crippen LogP contribution in [0.4, 0.5) is 11.4 Å². The molecule has 20 heavy (non-hydrogen) atoms. The predicted octanol–water partition coefficient (Wildman–Crippen LogP) is 3.41. The Kier molecular flexibility index (Phi) is 4.10. The van der Waals surface area contributed by atoms with Crippen LogP contribution >= 0.6 is 0 Å². The van der Waals surface area contributed by atoms with Gasteiger partial charge in [0.25, 0.3) is 5.69 Å². The smallest absolute Gasteiger partial charge is 0.270 e. The molecule has 0 unspecified atom stereocenters. The molecular weight excluding hydrogens is 256 g/mol. The van der Waals surface area contributed by atoms with Crippen LogP contribution in [0.1, 0.15) is 22.8 Å². The summed E-state index contributed by atoms with van der Waals surface area (Å²) in [4.78, 5) is 21.8. The van der Waals surface area contributed by atoms with Gasteiger partial charge >= 0.3 is 0 Å². The molecule has 0 fully saturated rings. The molecule has 102 valence electrons. The summed E-state index contributed by atoms with van der Waals surface area (Å²) in [6.45, 7) is 1.95. The molecule has 0 saturated heterocycles. The van der Waals surface area contributed by atoms with Crippen molar-refractivity contribution in [2.45, 2.75) is 13.5 Å². The fourth-order valence-corrected chi connectivity index (χ4v) is 1.88. The number of non-ortho nitro benzene ring substituents is 1. The molecule has 5 nitrogen and oxygen atoms in total. The lowest BCUT2D eigenvalue weighted by Gasteiger charge is -2.10. The fraction of sp³-hybridized carbons (Fsp3) is 0.133. The molecule has 2 rings (SSSR count). The summed E-state index contributed by atoms with van der Waals surface area (Å²) in [6.07, 6.45) is 0. The van der Waals surface area contributed by atoms with Crippen molar-refractivity contribution in [3.8, 4) is 0 Å². The molecule has 0 aliphatic carbocycles. The van der Waals surface area contributed by atoms with E-state index in [1.54, 1.807) is 6.07 Å². The Morgan fingerprint density at radius 1 is 1.20 bits per heavy atom. The van der Waals surface area contributed by atoms with Crippen LogP contribution < -0.4 is 5.32 Å². The third-order valence-electron chi connectivity index (χ3n) is 2.92. The highest BCUT2D eigenvalue weighted by Gasteiger charge is 2.13. The zero-order chi connectivity index (χ0) is 14.5. The van der Waals surface area contributed by atoms with E-state index in [0.717, 1.165) is 5.56 Å². The summed E-state index contributed by atoms with van der Waals surface area (Å²) >= 11 is 0. The Hall–Kier alpha value is -2.69. The molecule has 0 heterocycles. The number of hydrogen-bond acceptors (Lipinski definition) is 4. The number of ketones is 1. The van der Waals surface area contributed by atoms with E-state index in [-0.39, 0.29) is 11.5 Å². The molecule has 0 radical (unpaired) electrons. The fourth-order valence-electron chi connectivity index (χ4n) is 1.88. The first kappa shape index (κ1) is 13.7. The first-order chi connectivity index (χ1) is 9.58. The Morgan fingerprint density at radius 3 is 2.50 bits per heavy atom. The van der Waals surface area contributed by atoms with Crippen molar-refractivity contribution in [1.82, 2.24) is 0 Å². The Balaban J connectivity index is 2.23. The molecule has 0 spiro atoms. The second-order valence-electron chi connectivity index (χ2n) is 4.38. The van der Waals surface area contributed by atoms with Crippen LogP contribution in [-0.2, 0) is 6.54 Å². The number of benzene rings is 2. The predicted molar refractivity (Wildman–Crippen MR) is 76.9 cm³/mol. The molecule has 0 bridgehead atoms. The second-order valence-corrected chi connectivity index (χ2v) is 4.38. The lowest BCUT2D eigenvalue weighted by molar-refractivity contribution is -0.384. The SMILES string of the molecule is CC(=O)c1cc([N+](=O)[O-])ccc1NCc1ccccc1. The van der Waals surface area contributed by atoms with Crippen LogP contribution in [0, 0.1) is 10.1 Å². The summed E-state index contributed by atoms with van der Waals surface area (Å²) in [5.74, 6) is -0.204. The number of carbonyl (C=O) groups excluding carboxylic acids is 1. The van der Waals surface area contributed by atoms with Crippen molar-refractivity contribution in [1.29, 1.82) is 0 Å². The molecule has 5 heteroatoms. The maximum absolute atomic E-state index is 11.6. The summed E-state index contributed by atoms with van der Waals surface area (Å²) in [6, 6.07) is 14.0. The number of anilines is 1. The number of nitro groups is 1. The van der Waals surface area contributed by atoms with Gasteiger partial charge in [0.05, 0.1) is 4.92 Å². The van der Waals surface area contributed by atoms with E-state index in [2.05, 4.69) is 5.32 Å². The van der Waals surface area contributed by atoms with E-state index >= 15 is 0 Å². The molecule has 0 saturated carbocycles. The molecule has 1 N–H and O–H groups in total. The van der Waals surface area contributed by atoms with Gasteiger partial charge in [0.1, 0.15) is 0 Å². The Morgan fingerprint density at radius 2 is 1.90 bits per heavy atom. The van der Waals surface area contributed by atoms with Gasteiger partial charge in [-0.25, -0.2) is 0 Å². The number of carbonyl (C=O) groups is 1. The minimum Gasteiger partial charge on any atom is -0.380 e. The minimum atomic E-state index is -0.507. The number of nitrogens with zero attached hydrogens (tertiary/aromatic N) is 1. The molecular formula is C15H14N2O3. The first-order valence-electron chi connectivity index (χ1n) is 6.15. The van der Waals surface area contributed by atoms with Crippen molar-refractivity contribution in [3.63, 3.8) is 0 Å². The van der Waals surface area contributed by atoms with Gasteiger partial charge in [0.15, 0.2) is 5.78 Å². The summed E-state index contributed by atoms with van der Waals surface area (Å²) < 4.78 is 0. The van der Waals surface area contributed by atoms with Crippen molar-refractivity contribution in [2.24, 2.45) is 0 Å². The van der Waals surface area contributed by atoms with Gasteiger partial charge in [-0.2, -0.15) is 0 Å². The average molecular weight is 270 g/mol. The number of rotatable bonds is 5. The van der Waals surface area contributed by atoms with Gasteiger partial charge in [0.2, 0.25) is 0 Å². The van der Waals surface area contributed by atoms with Crippen LogP contribution in [0.3, 0.4) is 0 Å². The van der Waals surface area contributed by atoms with Gasteiger partial charge in [-0.1, -0.05) is 30.3 Å². The van der Waals surface area contributed by atoms with Crippen LogP contribution in [0.25, 0.3) is 0 Å². The molecule has 0 aliphatic rings. The van der Waals surface area contributed by atoms with Gasteiger partial charge < -0.3 is 5.32 Å². The minimum absolute atomic E-state index is 0.0829. The van der Waals surface area contributed by atoms with E-state index in [9.17, 15) is 14.9 Å². The third-order valence-corrected chi connectivity index (χ3v) is 2.92. The molecule has 2 aromatic carbocycles.